The standard InChI is InChI=1S/C18H20N2O2/c1-4-5-11-20-12-10-14-13-8-6-7-9-15(13)19-16(14)18(20,2)17(21)22-3/h6-9,19H,10-12H2,1-3H3/t18-/m1/s1. The molecule has 1 aromatic carbocycles. The number of rotatable bonds is 2. The Bertz CT molecular complexity index is 781. The van der Waals surface area contributed by atoms with Crippen LogP contribution in [0.25, 0.3) is 10.9 Å². The van der Waals surface area contributed by atoms with Gasteiger partial charge in [0.2, 0.25) is 0 Å². The number of carbonyl (C=O) groups is 1. The van der Waals surface area contributed by atoms with Crippen LogP contribution >= 0.6 is 0 Å². The van der Waals surface area contributed by atoms with Gasteiger partial charge < -0.3 is 9.72 Å². The average Bonchev–Trinajstić information content (AvgIpc) is 2.93. The number of fused-ring (bicyclic) bond motifs is 3. The van der Waals surface area contributed by atoms with Crippen molar-refractivity contribution in [3.63, 3.8) is 0 Å². The van der Waals surface area contributed by atoms with Crippen LogP contribution in [0.5, 0.6) is 0 Å². The average molecular weight is 296 g/mol. The summed E-state index contributed by atoms with van der Waals surface area (Å²) in [6.45, 7) is 5.07. The predicted octanol–water partition coefficient (Wildman–Crippen LogP) is 2.44. The molecule has 1 atom stereocenters. The first kappa shape index (κ1) is 14.7. The molecule has 4 nitrogen and oxygen atoms in total. The maximum Gasteiger partial charge on any atom is 0.332 e. The van der Waals surface area contributed by atoms with Crippen molar-refractivity contribution in [2.24, 2.45) is 0 Å². The molecule has 114 valence electrons. The number of H-pyrrole nitrogens is 1. The summed E-state index contributed by atoms with van der Waals surface area (Å²) >= 11 is 0. The van der Waals surface area contributed by atoms with Crippen LogP contribution in [0.1, 0.15) is 25.1 Å². The summed E-state index contributed by atoms with van der Waals surface area (Å²) in [7, 11) is 1.44. The van der Waals surface area contributed by atoms with E-state index in [1.165, 1.54) is 18.1 Å². The van der Waals surface area contributed by atoms with Gasteiger partial charge in [0.15, 0.2) is 5.54 Å². The van der Waals surface area contributed by atoms with E-state index in [1.807, 2.05) is 32.0 Å². The molecule has 2 heterocycles. The number of methoxy groups -OCH3 is 1. The van der Waals surface area contributed by atoms with Gasteiger partial charge >= 0.3 is 5.97 Å². The zero-order valence-electron chi connectivity index (χ0n) is 13.2. The van der Waals surface area contributed by atoms with Gasteiger partial charge in [0.1, 0.15) is 0 Å². The maximum absolute atomic E-state index is 12.6. The summed E-state index contributed by atoms with van der Waals surface area (Å²) < 4.78 is 5.11. The number of aromatic nitrogens is 1. The van der Waals surface area contributed by atoms with Crippen molar-refractivity contribution in [1.82, 2.24) is 9.88 Å². The number of ether oxygens (including phenoxy) is 1. The largest absolute Gasteiger partial charge is 0.467 e. The fraction of sp³-hybridized carbons (Fsp3) is 0.389. The minimum atomic E-state index is -0.828. The Morgan fingerprint density at radius 2 is 2.23 bits per heavy atom. The summed E-state index contributed by atoms with van der Waals surface area (Å²) in [6.07, 6.45) is 0.900. The molecular weight excluding hydrogens is 276 g/mol. The van der Waals surface area contributed by atoms with Crippen LogP contribution in [0, 0.1) is 11.8 Å². The van der Waals surface area contributed by atoms with Gasteiger partial charge in [0, 0.05) is 17.4 Å². The van der Waals surface area contributed by atoms with E-state index >= 15 is 0 Å². The SMILES string of the molecule is CC#CCN1CCc2c([nH]c3ccccc23)[C@]1(C)C(=O)OC. The van der Waals surface area contributed by atoms with Crippen LogP contribution in [-0.4, -0.2) is 36.1 Å². The zero-order valence-corrected chi connectivity index (χ0v) is 13.2. The second-order valence-corrected chi connectivity index (χ2v) is 5.69. The molecule has 0 fully saturated rings. The molecule has 1 aliphatic rings. The van der Waals surface area contributed by atoms with Gasteiger partial charge in [0.25, 0.3) is 0 Å². The molecule has 0 amide bonds. The highest BCUT2D eigenvalue weighted by Crippen LogP contribution is 2.39. The first-order valence-corrected chi connectivity index (χ1v) is 7.46. The molecule has 0 spiro atoms. The molecule has 0 aliphatic carbocycles. The molecule has 1 N–H and O–H groups in total. The molecule has 1 aromatic heterocycles. The second-order valence-electron chi connectivity index (χ2n) is 5.69. The lowest BCUT2D eigenvalue weighted by molar-refractivity contribution is -0.155. The predicted molar refractivity (Wildman–Crippen MR) is 86.4 cm³/mol. The van der Waals surface area contributed by atoms with Crippen LogP contribution in [0.3, 0.4) is 0 Å². The summed E-state index contributed by atoms with van der Waals surface area (Å²) in [5.74, 6) is 5.73. The van der Waals surface area contributed by atoms with Crippen LogP contribution < -0.4 is 0 Å². The van der Waals surface area contributed by atoms with Gasteiger partial charge in [-0.2, -0.15) is 0 Å². The van der Waals surface area contributed by atoms with Crippen molar-refractivity contribution in [2.45, 2.75) is 25.8 Å². The molecule has 22 heavy (non-hydrogen) atoms. The third kappa shape index (κ3) is 2.01. The molecule has 0 unspecified atom stereocenters. The van der Waals surface area contributed by atoms with Crippen molar-refractivity contribution in [3.05, 3.63) is 35.5 Å². The van der Waals surface area contributed by atoms with Crippen LogP contribution in [0.15, 0.2) is 24.3 Å². The molecule has 0 saturated heterocycles. The third-order valence-corrected chi connectivity index (χ3v) is 4.59. The van der Waals surface area contributed by atoms with Crippen molar-refractivity contribution in [3.8, 4) is 11.8 Å². The van der Waals surface area contributed by atoms with Crippen molar-refractivity contribution in [2.75, 3.05) is 20.2 Å². The smallest absolute Gasteiger partial charge is 0.332 e. The number of carbonyl (C=O) groups excluding carboxylic acids is 1. The quantitative estimate of drug-likeness (QED) is 0.684. The van der Waals surface area contributed by atoms with Crippen LogP contribution in [0.2, 0.25) is 0 Å². The lowest BCUT2D eigenvalue weighted by Gasteiger charge is -2.41. The van der Waals surface area contributed by atoms with Crippen molar-refractivity contribution < 1.29 is 9.53 Å². The fourth-order valence-corrected chi connectivity index (χ4v) is 3.35. The van der Waals surface area contributed by atoms with Gasteiger partial charge in [-0.05, 0) is 31.9 Å². The highest BCUT2D eigenvalue weighted by atomic mass is 16.5. The highest BCUT2D eigenvalue weighted by molar-refractivity contribution is 5.90. The van der Waals surface area contributed by atoms with E-state index in [9.17, 15) is 4.79 Å². The molecular formula is C18H20N2O2. The molecule has 4 heteroatoms. The van der Waals surface area contributed by atoms with Gasteiger partial charge in [-0.1, -0.05) is 24.1 Å². The summed E-state index contributed by atoms with van der Waals surface area (Å²) in [5.41, 5.74) is 2.38. The van der Waals surface area contributed by atoms with E-state index in [0.29, 0.717) is 6.54 Å². The first-order valence-electron chi connectivity index (χ1n) is 7.46. The lowest BCUT2D eigenvalue weighted by atomic mass is 9.86. The fourth-order valence-electron chi connectivity index (χ4n) is 3.35. The number of nitrogens with zero attached hydrogens (tertiary/aromatic N) is 1. The number of aromatic amines is 1. The Morgan fingerprint density at radius 1 is 1.45 bits per heavy atom. The van der Waals surface area contributed by atoms with E-state index in [1.54, 1.807) is 0 Å². The lowest BCUT2D eigenvalue weighted by Crippen LogP contribution is -2.54. The maximum atomic E-state index is 12.6. The zero-order chi connectivity index (χ0) is 15.7. The van der Waals surface area contributed by atoms with E-state index in [4.69, 9.17) is 4.74 Å². The summed E-state index contributed by atoms with van der Waals surface area (Å²) in [4.78, 5) is 18.1. The Morgan fingerprint density at radius 3 is 2.95 bits per heavy atom. The minimum absolute atomic E-state index is 0.252. The Kier molecular flexibility index (Phi) is 3.67. The number of nitrogens with one attached hydrogen (secondary N) is 1. The van der Waals surface area contributed by atoms with E-state index in [0.717, 1.165) is 24.2 Å². The van der Waals surface area contributed by atoms with Gasteiger partial charge in [-0.25, -0.2) is 4.79 Å². The molecule has 0 saturated carbocycles. The number of hydrogen-bond acceptors (Lipinski definition) is 3. The van der Waals surface area contributed by atoms with Gasteiger partial charge in [0.05, 0.1) is 19.3 Å². The summed E-state index contributed by atoms with van der Waals surface area (Å²) in [5, 5.41) is 1.19. The van der Waals surface area contributed by atoms with Crippen molar-refractivity contribution in [1.29, 1.82) is 0 Å². The van der Waals surface area contributed by atoms with E-state index < -0.39 is 5.54 Å². The molecule has 1 aliphatic heterocycles. The van der Waals surface area contributed by atoms with Crippen molar-refractivity contribution >= 4 is 16.9 Å². The summed E-state index contributed by atoms with van der Waals surface area (Å²) in [6, 6.07) is 8.17. The number of hydrogen-bond donors (Lipinski definition) is 1. The Balaban J connectivity index is 2.19. The number of para-hydroxylation sites is 1. The minimum Gasteiger partial charge on any atom is -0.467 e. The number of benzene rings is 1. The van der Waals surface area contributed by atoms with Gasteiger partial charge in [-0.3, -0.25) is 4.90 Å². The van der Waals surface area contributed by atoms with Gasteiger partial charge in [-0.15, -0.1) is 5.92 Å². The third-order valence-electron chi connectivity index (χ3n) is 4.59. The van der Waals surface area contributed by atoms with Crippen LogP contribution in [0.4, 0.5) is 0 Å². The van der Waals surface area contributed by atoms with Crippen LogP contribution in [-0.2, 0) is 21.5 Å². The first-order chi connectivity index (χ1) is 10.6. The highest BCUT2D eigenvalue weighted by Gasteiger charge is 2.47. The van der Waals surface area contributed by atoms with E-state index in [-0.39, 0.29) is 5.97 Å². The molecule has 2 aromatic rings. The Labute approximate surface area is 130 Å². The van der Waals surface area contributed by atoms with E-state index in [2.05, 4.69) is 27.8 Å². The second kappa shape index (κ2) is 5.51. The molecule has 0 bridgehead atoms. The molecule has 0 radical (unpaired) electrons. The monoisotopic (exact) mass is 296 g/mol. The normalized spacial score (nSPS) is 21.0. The number of esters is 1. The molecule has 3 rings (SSSR count). The topological polar surface area (TPSA) is 45.3 Å². The Hall–Kier alpha value is -2.25.